The number of H-pyrrole nitrogens is 1. The average Bonchev–Trinajstić information content (AvgIpc) is 3.16. The minimum Gasteiger partial charge on any atom is -0.492 e. The molecule has 10 heteroatoms. The first-order valence-electron chi connectivity index (χ1n) is 9.21. The number of nitrogens with zero attached hydrogens (tertiary/aromatic N) is 1. The highest BCUT2D eigenvalue weighted by atomic mass is 79.9. The van der Waals surface area contributed by atoms with E-state index in [0.717, 1.165) is 20.3 Å². The standard InChI is InChI=1S/C19H24Br2N4O4/c1-2-29-18-12(6-13(20)7-15(18)21)9-22-5-3-4-17(26)25-16(19(27)28)8-14-10-23-11-24-14/h6-7,10-11,16,22H,2-5,8-9H2,1H3,(H,23,24)(H,25,26)(H,27,28)/t16-/m0/s1. The number of carbonyl (C=O) groups is 2. The highest BCUT2D eigenvalue weighted by Crippen LogP contribution is 2.32. The van der Waals surface area contributed by atoms with Crippen molar-refractivity contribution < 1.29 is 19.4 Å². The molecule has 1 amide bonds. The Morgan fingerprint density at radius 3 is 2.79 bits per heavy atom. The van der Waals surface area contributed by atoms with E-state index in [1.807, 2.05) is 19.1 Å². The number of carboxylic acids is 1. The molecule has 1 atom stereocenters. The zero-order valence-corrected chi connectivity index (χ0v) is 19.2. The number of aromatic nitrogens is 2. The predicted molar refractivity (Wildman–Crippen MR) is 116 cm³/mol. The normalized spacial score (nSPS) is 11.8. The van der Waals surface area contributed by atoms with Gasteiger partial charge in [0.05, 0.1) is 17.4 Å². The number of halogens is 2. The van der Waals surface area contributed by atoms with Crippen molar-refractivity contribution in [2.24, 2.45) is 0 Å². The van der Waals surface area contributed by atoms with E-state index >= 15 is 0 Å². The van der Waals surface area contributed by atoms with Crippen LogP contribution >= 0.6 is 31.9 Å². The average molecular weight is 532 g/mol. The molecule has 1 aromatic carbocycles. The Bertz CT molecular complexity index is 815. The van der Waals surface area contributed by atoms with Crippen molar-refractivity contribution in [3.63, 3.8) is 0 Å². The summed E-state index contributed by atoms with van der Waals surface area (Å²) in [5, 5.41) is 15.1. The fraction of sp³-hybridized carbons (Fsp3) is 0.421. The number of carboxylic acid groups (broad SMARTS) is 1. The number of benzene rings is 1. The lowest BCUT2D eigenvalue weighted by Gasteiger charge is -2.15. The van der Waals surface area contributed by atoms with Crippen molar-refractivity contribution in [1.29, 1.82) is 0 Å². The molecule has 0 fully saturated rings. The van der Waals surface area contributed by atoms with Crippen molar-refractivity contribution >= 4 is 43.7 Å². The monoisotopic (exact) mass is 530 g/mol. The molecule has 0 unspecified atom stereocenters. The Kier molecular flexibility index (Phi) is 9.62. The summed E-state index contributed by atoms with van der Waals surface area (Å²) in [6.07, 6.45) is 4.00. The molecular weight excluding hydrogens is 508 g/mol. The highest BCUT2D eigenvalue weighted by molar-refractivity contribution is 9.11. The lowest BCUT2D eigenvalue weighted by Crippen LogP contribution is -2.42. The lowest BCUT2D eigenvalue weighted by atomic mass is 10.1. The lowest BCUT2D eigenvalue weighted by molar-refractivity contribution is -0.141. The summed E-state index contributed by atoms with van der Waals surface area (Å²) in [5.74, 6) is -0.572. The van der Waals surface area contributed by atoms with E-state index in [9.17, 15) is 14.7 Å². The van der Waals surface area contributed by atoms with Gasteiger partial charge in [-0.1, -0.05) is 15.9 Å². The Morgan fingerprint density at radius 2 is 2.14 bits per heavy atom. The van der Waals surface area contributed by atoms with Crippen LogP contribution in [0.2, 0.25) is 0 Å². The zero-order chi connectivity index (χ0) is 21.2. The number of aliphatic carboxylic acids is 1. The second-order valence-corrected chi connectivity index (χ2v) is 8.10. The van der Waals surface area contributed by atoms with Crippen molar-refractivity contribution in [2.45, 2.75) is 38.8 Å². The number of imidazole rings is 1. The largest absolute Gasteiger partial charge is 0.492 e. The molecule has 0 saturated heterocycles. The maximum atomic E-state index is 12.1. The predicted octanol–water partition coefficient (Wildman–Crippen LogP) is 3.02. The number of amides is 1. The molecule has 0 radical (unpaired) electrons. The topological polar surface area (TPSA) is 116 Å². The molecule has 29 heavy (non-hydrogen) atoms. The molecule has 1 aromatic heterocycles. The molecule has 4 N–H and O–H groups in total. The van der Waals surface area contributed by atoms with Crippen LogP contribution in [-0.4, -0.2) is 46.1 Å². The van der Waals surface area contributed by atoms with Gasteiger partial charge in [0, 0.05) is 41.3 Å². The van der Waals surface area contributed by atoms with Gasteiger partial charge < -0.3 is 25.5 Å². The highest BCUT2D eigenvalue weighted by Gasteiger charge is 2.20. The molecule has 0 saturated carbocycles. The van der Waals surface area contributed by atoms with Crippen LogP contribution in [0.25, 0.3) is 0 Å². The number of rotatable bonds is 12. The number of hydrogen-bond acceptors (Lipinski definition) is 5. The molecule has 0 aliphatic rings. The summed E-state index contributed by atoms with van der Waals surface area (Å²) < 4.78 is 7.51. The molecule has 8 nitrogen and oxygen atoms in total. The van der Waals surface area contributed by atoms with Crippen LogP contribution in [0.5, 0.6) is 5.75 Å². The van der Waals surface area contributed by atoms with Crippen LogP contribution in [0.3, 0.4) is 0 Å². The maximum Gasteiger partial charge on any atom is 0.326 e. The van der Waals surface area contributed by atoms with Crippen LogP contribution in [0, 0.1) is 0 Å². The number of hydrogen-bond donors (Lipinski definition) is 4. The van der Waals surface area contributed by atoms with Gasteiger partial charge in [0.1, 0.15) is 11.8 Å². The third-order valence-electron chi connectivity index (χ3n) is 4.06. The SMILES string of the molecule is CCOc1c(Br)cc(Br)cc1CNCCCC(=O)N[C@@H](Cc1cnc[nH]1)C(=O)O. The van der Waals surface area contributed by atoms with Gasteiger partial charge in [0.15, 0.2) is 0 Å². The van der Waals surface area contributed by atoms with E-state index in [-0.39, 0.29) is 18.7 Å². The second-order valence-electron chi connectivity index (χ2n) is 6.33. The molecule has 0 bridgehead atoms. The molecule has 1 heterocycles. The Hall–Kier alpha value is -1.91. The number of ether oxygens (including phenoxy) is 1. The van der Waals surface area contributed by atoms with Crippen molar-refractivity contribution in [3.05, 3.63) is 44.9 Å². The molecule has 2 rings (SSSR count). The van der Waals surface area contributed by atoms with Gasteiger partial charge in [-0.25, -0.2) is 9.78 Å². The fourth-order valence-electron chi connectivity index (χ4n) is 2.73. The van der Waals surface area contributed by atoms with Gasteiger partial charge in [-0.3, -0.25) is 4.79 Å². The molecule has 158 valence electrons. The van der Waals surface area contributed by atoms with Gasteiger partial charge in [-0.15, -0.1) is 0 Å². The molecular formula is C19H24Br2N4O4. The summed E-state index contributed by atoms with van der Waals surface area (Å²) in [7, 11) is 0. The minimum absolute atomic E-state index is 0.164. The van der Waals surface area contributed by atoms with Crippen LogP contribution in [-0.2, 0) is 22.6 Å². The van der Waals surface area contributed by atoms with Crippen LogP contribution in [0.1, 0.15) is 31.0 Å². The van der Waals surface area contributed by atoms with E-state index in [2.05, 4.69) is 52.5 Å². The molecule has 0 aliphatic heterocycles. The summed E-state index contributed by atoms with van der Waals surface area (Å²) in [6.45, 7) is 3.70. The zero-order valence-electron chi connectivity index (χ0n) is 16.0. The van der Waals surface area contributed by atoms with E-state index < -0.39 is 12.0 Å². The van der Waals surface area contributed by atoms with E-state index in [4.69, 9.17) is 4.74 Å². The molecule has 0 spiro atoms. The number of carbonyl (C=O) groups excluding carboxylic acids is 1. The van der Waals surface area contributed by atoms with Crippen molar-refractivity contribution in [1.82, 2.24) is 20.6 Å². The van der Waals surface area contributed by atoms with Crippen LogP contribution in [0.15, 0.2) is 33.6 Å². The second kappa shape index (κ2) is 11.9. The number of nitrogens with one attached hydrogen (secondary N) is 3. The summed E-state index contributed by atoms with van der Waals surface area (Å²) in [6, 6.07) is 2.94. The Balaban J connectivity index is 1.76. The van der Waals surface area contributed by atoms with Gasteiger partial charge in [0.25, 0.3) is 0 Å². The third-order valence-corrected chi connectivity index (χ3v) is 5.11. The quantitative estimate of drug-likeness (QED) is 0.313. The first-order valence-corrected chi connectivity index (χ1v) is 10.8. The van der Waals surface area contributed by atoms with Crippen LogP contribution < -0.4 is 15.4 Å². The molecule has 0 aliphatic carbocycles. The van der Waals surface area contributed by atoms with E-state index in [1.165, 1.54) is 6.33 Å². The first kappa shape index (κ1) is 23.4. The maximum absolute atomic E-state index is 12.1. The Labute approximate surface area is 186 Å². The third kappa shape index (κ3) is 7.79. The number of aromatic amines is 1. The van der Waals surface area contributed by atoms with Gasteiger partial charge in [-0.05, 0) is 48.0 Å². The first-order chi connectivity index (χ1) is 13.9. The molecule has 2 aromatic rings. The summed E-state index contributed by atoms with van der Waals surface area (Å²) in [5.41, 5.74) is 1.66. The van der Waals surface area contributed by atoms with Gasteiger partial charge in [0.2, 0.25) is 5.91 Å². The smallest absolute Gasteiger partial charge is 0.326 e. The van der Waals surface area contributed by atoms with E-state index in [1.54, 1.807) is 6.20 Å². The minimum atomic E-state index is -1.07. The summed E-state index contributed by atoms with van der Waals surface area (Å²) in [4.78, 5) is 30.1. The van der Waals surface area contributed by atoms with E-state index in [0.29, 0.717) is 31.8 Å². The van der Waals surface area contributed by atoms with Crippen LogP contribution in [0.4, 0.5) is 0 Å². The summed E-state index contributed by atoms with van der Waals surface area (Å²) >= 11 is 6.98. The van der Waals surface area contributed by atoms with Gasteiger partial charge >= 0.3 is 5.97 Å². The van der Waals surface area contributed by atoms with Crippen molar-refractivity contribution in [3.8, 4) is 5.75 Å². The van der Waals surface area contributed by atoms with Crippen molar-refractivity contribution in [2.75, 3.05) is 13.2 Å². The Morgan fingerprint density at radius 1 is 1.34 bits per heavy atom. The fourth-order valence-corrected chi connectivity index (χ4v) is 4.16. The van der Waals surface area contributed by atoms with Gasteiger partial charge in [-0.2, -0.15) is 0 Å².